The molecular weight excluding hydrogens is 292 g/mol. The van der Waals surface area contributed by atoms with Crippen LogP contribution in [0.2, 0.25) is 0 Å². The van der Waals surface area contributed by atoms with Gasteiger partial charge in [0, 0.05) is 17.6 Å². The maximum Gasteiger partial charge on any atom is 0.241 e. The first-order valence-electron chi connectivity index (χ1n) is 5.03. The van der Waals surface area contributed by atoms with Gasteiger partial charge in [-0.2, -0.15) is 0 Å². The van der Waals surface area contributed by atoms with E-state index in [2.05, 4.69) is 26.0 Å². The quantitative estimate of drug-likeness (QED) is 0.780. The molecular formula is C10H15BrN2O2S. The summed E-state index contributed by atoms with van der Waals surface area (Å²) in [6, 6.07) is 6.75. The minimum atomic E-state index is -3.41. The first-order chi connectivity index (χ1) is 7.58. The average Bonchev–Trinajstić information content (AvgIpc) is 2.25. The second kappa shape index (κ2) is 6.34. The summed E-state index contributed by atoms with van der Waals surface area (Å²) in [5, 5.41) is 3.05. The Labute approximate surface area is 105 Å². The van der Waals surface area contributed by atoms with Gasteiger partial charge in [-0.25, -0.2) is 13.1 Å². The zero-order chi connectivity index (χ0) is 12.0. The summed E-state index contributed by atoms with van der Waals surface area (Å²) in [6.45, 7) is 3.82. The maximum atomic E-state index is 11.8. The molecule has 0 aliphatic heterocycles. The van der Waals surface area contributed by atoms with Crippen LogP contribution >= 0.6 is 15.9 Å². The maximum absolute atomic E-state index is 11.8. The van der Waals surface area contributed by atoms with Crippen LogP contribution in [0.15, 0.2) is 33.6 Å². The van der Waals surface area contributed by atoms with Crippen molar-refractivity contribution in [3.8, 4) is 0 Å². The van der Waals surface area contributed by atoms with Crippen LogP contribution in [0.3, 0.4) is 0 Å². The summed E-state index contributed by atoms with van der Waals surface area (Å²) in [5.41, 5.74) is 0. The van der Waals surface area contributed by atoms with Crippen LogP contribution in [-0.2, 0) is 10.0 Å². The van der Waals surface area contributed by atoms with Crippen molar-refractivity contribution in [1.82, 2.24) is 10.0 Å². The molecule has 1 aromatic carbocycles. The lowest BCUT2D eigenvalue weighted by molar-refractivity contribution is 0.577. The Morgan fingerprint density at radius 3 is 2.56 bits per heavy atom. The molecule has 0 saturated carbocycles. The van der Waals surface area contributed by atoms with Crippen LogP contribution in [0.1, 0.15) is 6.92 Å². The molecule has 90 valence electrons. The molecule has 0 aromatic heterocycles. The minimum Gasteiger partial charge on any atom is -0.316 e. The van der Waals surface area contributed by atoms with Gasteiger partial charge in [-0.3, -0.25) is 0 Å². The fourth-order valence-corrected chi connectivity index (χ4v) is 3.22. The third-order valence-electron chi connectivity index (χ3n) is 1.97. The molecule has 0 aliphatic rings. The smallest absolute Gasteiger partial charge is 0.241 e. The molecule has 0 radical (unpaired) electrons. The number of nitrogens with one attached hydrogen (secondary N) is 2. The lowest BCUT2D eigenvalue weighted by Crippen LogP contribution is -2.31. The predicted octanol–water partition coefficient (Wildman–Crippen LogP) is 1.34. The van der Waals surface area contributed by atoms with Gasteiger partial charge in [-0.15, -0.1) is 0 Å². The molecule has 0 spiro atoms. The van der Waals surface area contributed by atoms with E-state index in [1.54, 1.807) is 24.3 Å². The van der Waals surface area contributed by atoms with E-state index in [-0.39, 0.29) is 4.90 Å². The standard InChI is InChI=1S/C10H15BrN2O2S/c1-2-12-7-8-13-16(14,15)10-6-4-3-5-9(10)11/h3-6,12-13H,2,7-8H2,1H3. The molecule has 16 heavy (non-hydrogen) atoms. The van der Waals surface area contributed by atoms with Crippen LogP contribution in [0.5, 0.6) is 0 Å². The van der Waals surface area contributed by atoms with Gasteiger partial charge in [-0.1, -0.05) is 19.1 Å². The summed E-state index contributed by atoms with van der Waals surface area (Å²) in [4.78, 5) is 0.270. The Morgan fingerprint density at radius 2 is 1.94 bits per heavy atom. The van der Waals surface area contributed by atoms with Crippen molar-refractivity contribution >= 4 is 26.0 Å². The van der Waals surface area contributed by atoms with Crippen molar-refractivity contribution in [3.05, 3.63) is 28.7 Å². The monoisotopic (exact) mass is 306 g/mol. The molecule has 0 unspecified atom stereocenters. The second-order valence-corrected chi connectivity index (χ2v) is 5.77. The van der Waals surface area contributed by atoms with E-state index in [0.717, 1.165) is 6.54 Å². The van der Waals surface area contributed by atoms with E-state index >= 15 is 0 Å². The molecule has 0 fully saturated rings. The summed E-state index contributed by atoms with van der Waals surface area (Å²) in [7, 11) is -3.41. The Kier molecular flexibility index (Phi) is 5.40. The summed E-state index contributed by atoms with van der Waals surface area (Å²) in [5.74, 6) is 0. The van der Waals surface area contributed by atoms with Crippen molar-refractivity contribution < 1.29 is 8.42 Å². The van der Waals surface area contributed by atoms with Crippen molar-refractivity contribution in [3.63, 3.8) is 0 Å². The van der Waals surface area contributed by atoms with Gasteiger partial charge in [0.2, 0.25) is 10.0 Å². The molecule has 0 atom stereocenters. The zero-order valence-electron chi connectivity index (χ0n) is 9.03. The molecule has 1 rings (SSSR count). The van der Waals surface area contributed by atoms with Gasteiger partial charge in [0.25, 0.3) is 0 Å². The van der Waals surface area contributed by atoms with Crippen molar-refractivity contribution in [1.29, 1.82) is 0 Å². The number of rotatable bonds is 6. The summed E-state index contributed by atoms with van der Waals surface area (Å²) in [6.07, 6.45) is 0. The number of benzene rings is 1. The summed E-state index contributed by atoms with van der Waals surface area (Å²) >= 11 is 3.22. The first-order valence-corrected chi connectivity index (χ1v) is 7.30. The molecule has 0 saturated heterocycles. The molecule has 6 heteroatoms. The van der Waals surface area contributed by atoms with E-state index in [4.69, 9.17) is 0 Å². The Balaban J connectivity index is 2.68. The zero-order valence-corrected chi connectivity index (χ0v) is 11.4. The largest absolute Gasteiger partial charge is 0.316 e. The average molecular weight is 307 g/mol. The predicted molar refractivity (Wildman–Crippen MR) is 67.9 cm³/mol. The highest BCUT2D eigenvalue weighted by molar-refractivity contribution is 9.10. The first kappa shape index (κ1) is 13.6. The highest BCUT2D eigenvalue weighted by Crippen LogP contribution is 2.20. The lowest BCUT2D eigenvalue weighted by atomic mass is 10.4. The van der Waals surface area contributed by atoms with E-state index in [1.807, 2.05) is 6.92 Å². The molecule has 1 aromatic rings. The molecule has 0 aliphatic carbocycles. The van der Waals surface area contributed by atoms with Crippen LogP contribution in [0.25, 0.3) is 0 Å². The summed E-state index contributed by atoms with van der Waals surface area (Å²) < 4.78 is 26.8. The third-order valence-corrected chi connectivity index (χ3v) is 4.44. The molecule has 0 bridgehead atoms. The van der Waals surface area contributed by atoms with Gasteiger partial charge in [0.1, 0.15) is 0 Å². The second-order valence-electron chi connectivity index (χ2n) is 3.18. The van der Waals surface area contributed by atoms with E-state index in [0.29, 0.717) is 17.6 Å². The van der Waals surface area contributed by atoms with Crippen molar-refractivity contribution in [2.75, 3.05) is 19.6 Å². The van der Waals surface area contributed by atoms with Gasteiger partial charge in [0.05, 0.1) is 4.90 Å². The number of sulfonamides is 1. The van der Waals surface area contributed by atoms with E-state index in [1.165, 1.54) is 0 Å². The minimum absolute atomic E-state index is 0.270. The van der Waals surface area contributed by atoms with Crippen LogP contribution < -0.4 is 10.0 Å². The van der Waals surface area contributed by atoms with Gasteiger partial charge in [0.15, 0.2) is 0 Å². The lowest BCUT2D eigenvalue weighted by Gasteiger charge is -2.08. The van der Waals surface area contributed by atoms with Gasteiger partial charge in [-0.05, 0) is 34.6 Å². The highest BCUT2D eigenvalue weighted by Gasteiger charge is 2.15. The molecule has 0 amide bonds. The molecule has 4 nitrogen and oxygen atoms in total. The Bertz CT molecular complexity index is 434. The van der Waals surface area contributed by atoms with Crippen LogP contribution in [0.4, 0.5) is 0 Å². The third kappa shape index (κ3) is 3.86. The van der Waals surface area contributed by atoms with Crippen molar-refractivity contribution in [2.45, 2.75) is 11.8 Å². The Hall–Kier alpha value is -0.430. The van der Waals surface area contributed by atoms with Gasteiger partial charge >= 0.3 is 0 Å². The topological polar surface area (TPSA) is 58.2 Å². The van der Waals surface area contributed by atoms with E-state index < -0.39 is 10.0 Å². The number of hydrogen-bond donors (Lipinski definition) is 2. The normalized spacial score (nSPS) is 11.6. The Morgan fingerprint density at radius 1 is 1.25 bits per heavy atom. The molecule has 2 N–H and O–H groups in total. The number of hydrogen-bond acceptors (Lipinski definition) is 3. The highest BCUT2D eigenvalue weighted by atomic mass is 79.9. The van der Waals surface area contributed by atoms with Crippen molar-refractivity contribution in [2.24, 2.45) is 0 Å². The fourth-order valence-electron chi connectivity index (χ4n) is 1.19. The van der Waals surface area contributed by atoms with Crippen LogP contribution in [-0.4, -0.2) is 28.1 Å². The number of likely N-dealkylation sites (N-methyl/N-ethyl adjacent to an activating group) is 1. The molecule has 0 heterocycles. The SMILES string of the molecule is CCNCCNS(=O)(=O)c1ccccc1Br. The van der Waals surface area contributed by atoms with Gasteiger partial charge < -0.3 is 5.32 Å². The number of halogens is 1. The fraction of sp³-hybridized carbons (Fsp3) is 0.400. The van der Waals surface area contributed by atoms with Crippen LogP contribution in [0, 0.1) is 0 Å². The van der Waals surface area contributed by atoms with E-state index in [9.17, 15) is 8.42 Å².